The van der Waals surface area contributed by atoms with Crippen molar-refractivity contribution in [2.45, 2.75) is 58.3 Å². The van der Waals surface area contributed by atoms with Gasteiger partial charge in [-0.05, 0) is 48.4 Å². The first-order valence-electron chi connectivity index (χ1n) is 15.1. The molecule has 6 rings (SSSR count). The second-order valence-corrected chi connectivity index (χ2v) is 13.2. The first-order chi connectivity index (χ1) is 22.2. The largest absolute Gasteiger partial charge is 0.413 e. The Balaban J connectivity index is 1.51. The molecule has 1 aliphatic rings. The number of nitrogens with zero attached hydrogens (tertiary/aromatic N) is 8. The first kappa shape index (κ1) is 31.5. The van der Waals surface area contributed by atoms with Crippen molar-refractivity contribution in [1.82, 2.24) is 29.5 Å². The maximum absolute atomic E-state index is 14.1. The highest BCUT2D eigenvalue weighted by Crippen LogP contribution is 2.55. The van der Waals surface area contributed by atoms with Gasteiger partial charge in [0.2, 0.25) is 0 Å². The molecule has 1 fully saturated rings. The number of rotatable bonds is 8. The van der Waals surface area contributed by atoms with Crippen LogP contribution >= 0.6 is 0 Å². The number of alkyl halides is 3. The Morgan fingerprint density at radius 3 is 2.40 bits per heavy atom. The summed E-state index contributed by atoms with van der Waals surface area (Å²) in [5, 5.41) is 35.7. The smallest absolute Gasteiger partial charge is 0.383 e. The van der Waals surface area contributed by atoms with E-state index in [2.05, 4.69) is 63.8 Å². The van der Waals surface area contributed by atoms with Crippen LogP contribution in [0.15, 0.2) is 55.2 Å². The lowest BCUT2D eigenvalue weighted by molar-refractivity contribution is -0.182. The highest BCUT2D eigenvalue weighted by molar-refractivity contribution is 5.99. The maximum atomic E-state index is 14.1. The number of halogens is 3. The molecular formula is C34H33F3N10. The molecule has 240 valence electrons. The monoisotopic (exact) mass is 638 g/mol. The summed E-state index contributed by atoms with van der Waals surface area (Å²) in [7, 11) is 1.87. The van der Waals surface area contributed by atoms with Gasteiger partial charge in [0.05, 0.1) is 46.6 Å². The minimum absolute atomic E-state index is 0.0691. The zero-order valence-corrected chi connectivity index (χ0v) is 26.6. The van der Waals surface area contributed by atoms with Gasteiger partial charge in [-0.1, -0.05) is 44.2 Å². The Kier molecular flexibility index (Phi) is 7.67. The number of pyridine rings is 1. The van der Waals surface area contributed by atoms with Gasteiger partial charge < -0.3 is 15.2 Å². The molecule has 0 aliphatic heterocycles. The molecule has 0 radical (unpaired) electrons. The fourth-order valence-corrected chi connectivity index (χ4v) is 5.75. The number of imidazole rings is 1. The fourth-order valence-electron chi connectivity index (χ4n) is 5.75. The van der Waals surface area contributed by atoms with Crippen LogP contribution in [-0.4, -0.2) is 42.2 Å². The van der Waals surface area contributed by atoms with E-state index in [1.807, 2.05) is 42.9 Å². The molecule has 3 heterocycles. The highest BCUT2D eigenvalue weighted by atomic mass is 19.4. The van der Waals surface area contributed by atoms with Crippen molar-refractivity contribution in [2.24, 2.45) is 12.5 Å². The van der Waals surface area contributed by atoms with Gasteiger partial charge in [0.1, 0.15) is 17.8 Å². The Morgan fingerprint density at radius 1 is 1.04 bits per heavy atom. The lowest BCUT2D eigenvalue weighted by Crippen LogP contribution is -2.35. The third-order valence-electron chi connectivity index (χ3n) is 8.48. The number of hydrogen-bond donors (Lipinski definition) is 2. The van der Waals surface area contributed by atoms with Gasteiger partial charge in [-0.15, -0.1) is 5.10 Å². The van der Waals surface area contributed by atoms with Crippen LogP contribution in [0.25, 0.3) is 22.2 Å². The summed E-state index contributed by atoms with van der Waals surface area (Å²) in [5.41, 5.74) is 3.31. The molecule has 0 amide bonds. The highest BCUT2D eigenvalue weighted by Gasteiger charge is 2.66. The van der Waals surface area contributed by atoms with Crippen molar-refractivity contribution in [3.8, 4) is 23.4 Å². The second kappa shape index (κ2) is 11.4. The summed E-state index contributed by atoms with van der Waals surface area (Å²) in [4.78, 5) is 8.93. The van der Waals surface area contributed by atoms with Crippen molar-refractivity contribution in [1.29, 1.82) is 10.5 Å². The number of benzene rings is 2. The van der Waals surface area contributed by atoms with Crippen LogP contribution in [0.2, 0.25) is 0 Å². The van der Waals surface area contributed by atoms with Crippen molar-refractivity contribution in [3.63, 3.8) is 0 Å². The second-order valence-electron chi connectivity index (χ2n) is 13.2. The van der Waals surface area contributed by atoms with Crippen LogP contribution in [0.3, 0.4) is 0 Å². The lowest BCUT2D eigenvalue weighted by atomic mass is 9.93. The molecule has 10 nitrogen and oxygen atoms in total. The molecule has 1 aliphatic carbocycles. The molecule has 1 saturated carbocycles. The fraction of sp³-hybridized carbons (Fsp3) is 0.353. The molecule has 0 saturated heterocycles. The first-order valence-corrected chi connectivity index (χ1v) is 15.1. The van der Waals surface area contributed by atoms with Gasteiger partial charge >= 0.3 is 6.18 Å². The van der Waals surface area contributed by atoms with Crippen LogP contribution in [0.1, 0.15) is 67.6 Å². The number of fused-ring (bicyclic) bond motifs is 1. The van der Waals surface area contributed by atoms with E-state index in [1.165, 1.54) is 12.4 Å². The molecular weight excluding hydrogens is 605 g/mol. The predicted molar refractivity (Wildman–Crippen MR) is 171 cm³/mol. The van der Waals surface area contributed by atoms with E-state index in [-0.39, 0.29) is 29.5 Å². The van der Waals surface area contributed by atoms with Crippen LogP contribution in [0, 0.1) is 35.0 Å². The third kappa shape index (κ3) is 5.85. The van der Waals surface area contributed by atoms with Gasteiger partial charge in [0, 0.05) is 42.6 Å². The van der Waals surface area contributed by atoms with Gasteiger partial charge in [0.25, 0.3) is 0 Å². The van der Waals surface area contributed by atoms with E-state index in [0.29, 0.717) is 34.4 Å². The number of anilines is 2. The molecule has 5 aromatic rings. The normalized spacial score (nSPS) is 14.8. The average Bonchev–Trinajstić information content (AvgIpc) is 3.51. The number of aryl methyl sites for hydroxylation is 1. The quantitative estimate of drug-likeness (QED) is 0.186. The summed E-state index contributed by atoms with van der Waals surface area (Å²) >= 11 is 0. The minimum atomic E-state index is -4.47. The molecule has 3 aromatic heterocycles. The van der Waals surface area contributed by atoms with E-state index in [1.54, 1.807) is 18.5 Å². The van der Waals surface area contributed by atoms with E-state index in [0.717, 1.165) is 27.1 Å². The van der Waals surface area contributed by atoms with E-state index >= 15 is 0 Å². The number of aromatic nitrogens is 6. The molecule has 47 heavy (non-hydrogen) atoms. The maximum Gasteiger partial charge on any atom is 0.413 e. The molecule has 2 aromatic carbocycles. The summed E-state index contributed by atoms with van der Waals surface area (Å²) in [6.07, 6.45) is 1.77. The van der Waals surface area contributed by atoms with Gasteiger partial charge in [-0.25, -0.2) is 9.67 Å². The SMILES string of the molecule is Cc1c(-c2cn(C)cn2)cccc1[C@H](Nc1cc(C#N)c2ncc(C#N)c(NCC(C)(C)C)c2c1)c1cn(C2(C(F)(F)F)CC2)nn1. The van der Waals surface area contributed by atoms with Crippen molar-refractivity contribution >= 4 is 22.3 Å². The molecule has 0 spiro atoms. The molecule has 0 unspecified atom stereocenters. The third-order valence-corrected chi connectivity index (χ3v) is 8.48. The summed E-state index contributed by atoms with van der Waals surface area (Å²) < 4.78 is 44.9. The molecule has 0 bridgehead atoms. The van der Waals surface area contributed by atoms with Crippen molar-refractivity contribution in [3.05, 3.63) is 83.2 Å². The van der Waals surface area contributed by atoms with E-state index in [4.69, 9.17) is 0 Å². The predicted octanol–water partition coefficient (Wildman–Crippen LogP) is 6.99. The molecule has 13 heteroatoms. The average molecular weight is 639 g/mol. The number of hydrogen-bond acceptors (Lipinski definition) is 8. The van der Waals surface area contributed by atoms with Gasteiger partial charge in [0.15, 0.2) is 5.54 Å². The van der Waals surface area contributed by atoms with Gasteiger partial charge in [-0.3, -0.25) is 4.98 Å². The molecule has 2 N–H and O–H groups in total. The summed E-state index contributed by atoms with van der Waals surface area (Å²) in [5.74, 6) is 0. The van der Waals surface area contributed by atoms with Gasteiger partial charge in [-0.2, -0.15) is 23.7 Å². The Morgan fingerprint density at radius 2 is 1.79 bits per heavy atom. The zero-order valence-electron chi connectivity index (χ0n) is 26.6. The zero-order chi connectivity index (χ0) is 33.7. The molecule has 1 atom stereocenters. The van der Waals surface area contributed by atoms with Crippen molar-refractivity contribution in [2.75, 3.05) is 17.2 Å². The van der Waals surface area contributed by atoms with Crippen LogP contribution < -0.4 is 10.6 Å². The van der Waals surface area contributed by atoms with Crippen LogP contribution in [0.4, 0.5) is 24.5 Å². The van der Waals surface area contributed by atoms with Crippen LogP contribution in [-0.2, 0) is 12.6 Å². The summed E-state index contributed by atoms with van der Waals surface area (Å²) in [6.45, 7) is 8.66. The Bertz CT molecular complexity index is 2070. The van der Waals surface area contributed by atoms with E-state index in [9.17, 15) is 23.7 Å². The topological polar surface area (TPSA) is 133 Å². The number of nitrogens with one attached hydrogen (secondary N) is 2. The van der Waals surface area contributed by atoms with Crippen LogP contribution in [0.5, 0.6) is 0 Å². The minimum Gasteiger partial charge on any atom is -0.383 e. The number of nitriles is 2. The Hall–Kier alpha value is -5.43. The Labute approximate surface area is 269 Å². The van der Waals surface area contributed by atoms with E-state index < -0.39 is 17.8 Å². The summed E-state index contributed by atoms with van der Waals surface area (Å²) in [6, 6.07) is 12.8. The van der Waals surface area contributed by atoms with Crippen molar-refractivity contribution < 1.29 is 13.2 Å². The standard InChI is InChI=1S/C34H33F3N10/c1-20-24(27-16-46(5)19-42-27)7-6-8-25(20)31(28-17-47(45-44-28)33(9-10-33)34(35,36)37)43-23-11-21(13-38)29-26(12-23)30(22(14-39)15-40-29)41-18-32(2,3)4/h6-8,11-12,15-17,19,31,43H,9-10,18H2,1-5H3,(H,40,41)/t31-/m0/s1. The lowest BCUT2D eigenvalue weighted by Gasteiger charge is -2.23.